The molecule has 3 nitrogen and oxygen atoms in total. The standard InChI is InChI=1S/C7H6Cl2O3S/c1-12-7-5(9)2-4(8)3-6(7)13(10)11/h2-3H,1H3,(H,10,11)/p-1. The maximum Gasteiger partial charge on any atom is 0.152 e. The molecule has 0 spiro atoms. The van der Waals surface area contributed by atoms with Gasteiger partial charge in [0, 0.05) is 5.02 Å². The van der Waals surface area contributed by atoms with Crippen LogP contribution in [0.3, 0.4) is 0 Å². The van der Waals surface area contributed by atoms with E-state index in [4.69, 9.17) is 27.9 Å². The number of hydrogen-bond donors (Lipinski definition) is 0. The van der Waals surface area contributed by atoms with Crippen molar-refractivity contribution in [2.75, 3.05) is 7.11 Å². The molecule has 0 bridgehead atoms. The van der Waals surface area contributed by atoms with Crippen LogP contribution in [0.4, 0.5) is 0 Å². The van der Waals surface area contributed by atoms with Gasteiger partial charge in [-0.15, -0.1) is 0 Å². The van der Waals surface area contributed by atoms with Crippen molar-refractivity contribution >= 4 is 34.3 Å². The summed E-state index contributed by atoms with van der Waals surface area (Å²) in [4.78, 5) is -0.0417. The Balaban J connectivity index is 3.38. The summed E-state index contributed by atoms with van der Waals surface area (Å²) in [6.07, 6.45) is 0. The Kier molecular flexibility index (Phi) is 3.55. The molecule has 0 heterocycles. The highest BCUT2D eigenvalue weighted by atomic mass is 35.5. The highest BCUT2D eigenvalue weighted by Crippen LogP contribution is 2.33. The van der Waals surface area contributed by atoms with Crippen molar-refractivity contribution in [2.24, 2.45) is 0 Å². The van der Waals surface area contributed by atoms with Crippen molar-refractivity contribution in [2.45, 2.75) is 4.90 Å². The second-order valence-corrected chi connectivity index (χ2v) is 3.91. The van der Waals surface area contributed by atoms with E-state index in [1.807, 2.05) is 0 Å². The lowest BCUT2D eigenvalue weighted by Gasteiger charge is -2.12. The fourth-order valence-corrected chi connectivity index (χ4v) is 2.12. The molecule has 72 valence electrons. The van der Waals surface area contributed by atoms with Crippen molar-refractivity contribution < 1.29 is 13.5 Å². The quantitative estimate of drug-likeness (QED) is 0.745. The summed E-state index contributed by atoms with van der Waals surface area (Å²) in [6, 6.07) is 2.69. The Morgan fingerprint density at radius 1 is 1.46 bits per heavy atom. The lowest BCUT2D eigenvalue weighted by Crippen LogP contribution is -1.95. The lowest BCUT2D eigenvalue weighted by molar-refractivity contribution is 0.401. The van der Waals surface area contributed by atoms with Gasteiger partial charge in [0.1, 0.15) is 0 Å². The van der Waals surface area contributed by atoms with Crippen LogP contribution in [0.5, 0.6) is 5.75 Å². The van der Waals surface area contributed by atoms with Gasteiger partial charge in [-0.1, -0.05) is 23.2 Å². The highest BCUT2D eigenvalue weighted by molar-refractivity contribution is 7.79. The van der Waals surface area contributed by atoms with Crippen LogP contribution in [0.25, 0.3) is 0 Å². The molecular weight excluding hydrogens is 235 g/mol. The SMILES string of the molecule is COc1c(Cl)cc(Cl)cc1S(=O)[O-]. The van der Waals surface area contributed by atoms with Gasteiger partial charge in [-0.25, -0.2) is 0 Å². The average molecular weight is 240 g/mol. The van der Waals surface area contributed by atoms with Gasteiger partial charge in [0.15, 0.2) is 5.75 Å². The molecule has 0 amide bonds. The second-order valence-electron chi connectivity index (χ2n) is 2.15. The first-order valence-corrected chi connectivity index (χ1v) is 5.01. The normalized spacial score (nSPS) is 12.6. The molecule has 0 saturated heterocycles. The zero-order chi connectivity index (χ0) is 10.0. The van der Waals surface area contributed by atoms with Crippen molar-refractivity contribution in [1.82, 2.24) is 0 Å². The zero-order valence-corrected chi connectivity index (χ0v) is 8.87. The van der Waals surface area contributed by atoms with Gasteiger partial charge in [-0.05, 0) is 23.2 Å². The van der Waals surface area contributed by atoms with Crippen LogP contribution >= 0.6 is 23.2 Å². The van der Waals surface area contributed by atoms with Crippen LogP contribution in [0, 0.1) is 0 Å². The molecule has 0 aromatic heterocycles. The third kappa shape index (κ3) is 2.34. The Morgan fingerprint density at radius 2 is 2.08 bits per heavy atom. The molecule has 1 atom stereocenters. The Hall–Kier alpha value is -0.290. The first kappa shape index (κ1) is 10.8. The van der Waals surface area contributed by atoms with E-state index in [0.717, 1.165) is 0 Å². The van der Waals surface area contributed by atoms with Crippen molar-refractivity contribution in [3.05, 3.63) is 22.2 Å². The fraction of sp³-hybridized carbons (Fsp3) is 0.143. The second kappa shape index (κ2) is 4.28. The predicted octanol–water partition coefficient (Wildman–Crippen LogP) is 2.24. The topological polar surface area (TPSA) is 49.4 Å². The van der Waals surface area contributed by atoms with E-state index < -0.39 is 11.1 Å². The fourth-order valence-electron chi connectivity index (χ4n) is 0.859. The number of benzene rings is 1. The molecule has 0 aliphatic rings. The zero-order valence-electron chi connectivity index (χ0n) is 6.54. The van der Waals surface area contributed by atoms with E-state index in [9.17, 15) is 8.76 Å². The molecule has 1 aromatic carbocycles. The molecule has 1 aromatic rings. The molecule has 0 radical (unpaired) electrons. The number of halogens is 2. The van der Waals surface area contributed by atoms with Crippen LogP contribution < -0.4 is 4.74 Å². The van der Waals surface area contributed by atoms with Gasteiger partial charge in [0.05, 0.1) is 17.0 Å². The van der Waals surface area contributed by atoms with Gasteiger partial charge in [0.25, 0.3) is 0 Å². The molecular formula is C7H5Cl2O3S-. The highest BCUT2D eigenvalue weighted by Gasteiger charge is 2.09. The van der Waals surface area contributed by atoms with E-state index in [1.54, 1.807) is 0 Å². The smallest absolute Gasteiger partial charge is 0.152 e. The van der Waals surface area contributed by atoms with Crippen LogP contribution in [-0.2, 0) is 11.1 Å². The molecule has 0 saturated carbocycles. The van der Waals surface area contributed by atoms with E-state index in [1.165, 1.54) is 19.2 Å². The van der Waals surface area contributed by atoms with E-state index in [-0.39, 0.29) is 20.7 Å². The first-order chi connectivity index (χ1) is 6.06. The third-order valence-electron chi connectivity index (χ3n) is 1.36. The van der Waals surface area contributed by atoms with E-state index >= 15 is 0 Å². The molecule has 1 rings (SSSR count). The largest absolute Gasteiger partial charge is 0.768 e. The summed E-state index contributed by atoms with van der Waals surface area (Å²) in [5.74, 6) is 0.111. The lowest BCUT2D eigenvalue weighted by atomic mass is 10.3. The summed E-state index contributed by atoms with van der Waals surface area (Å²) in [7, 11) is 1.34. The van der Waals surface area contributed by atoms with Gasteiger partial charge < -0.3 is 9.29 Å². The summed E-state index contributed by atoms with van der Waals surface area (Å²) >= 11 is 8.90. The van der Waals surface area contributed by atoms with Gasteiger partial charge in [-0.3, -0.25) is 4.21 Å². The van der Waals surface area contributed by atoms with Crippen LogP contribution in [-0.4, -0.2) is 15.9 Å². The monoisotopic (exact) mass is 239 g/mol. The molecule has 0 aliphatic heterocycles. The molecule has 0 N–H and O–H groups in total. The minimum atomic E-state index is -2.40. The minimum absolute atomic E-state index is 0.0417. The Morgan fingerprint density at radius 3 is 2.54 bits per heavy atom. The Labute approximate surface area is 87.9 Å². The number of ether oxygens (including phenoxy) is 1. The molecule has 6 heteroatoms. The van der Waals surface area contributed by atoms with Crippen molar-refractivity contribution in [1.29, 1.82) is 0 Å². The predicted molar refractivity (Wildman–Crippen MR) is 50.2 cm³/mol. The third-order valence-corrected chi connectivity index (χ3v) is 2.52. The number of hydrogen-bond acceptors (Lipinski definition) is 3. The van der Waals surface area contributed by atoms with Crippen molar-refractivity contribution in [3.63, 3.8) is 0 Å². The van der Waals surface area contributed by atoms with Gasteiger partial charge in [0.2, 0.25) is 0 Å². The number of methoxy groups -OCH3 is 1. The summed E-state index contributed by atoms with van der Waals surface area (Å²) in [6.45, 7) is 0. The molecule has 13 heavy (non-hydrogen) atoms. The molecule has 0 aliphatic carbocycles. The summed E-state index contributed by atoms with van der Waals surface area (Å²) in [5.41, 5.74) is 0. The Bertz CT molecular complexity index is 354. The van der Waals surface area contributed by atoms with Gasteiger partial charge >= 0.3 is 0 Å². The summed E-state index contributed by atoms with van der Waals surface area (Å²) < 4.78 is 26.2. The van der Waals surface area contributed by atoms with Crippen LogP contribution in [0.15, 0.2) is 17.0 Å². The maximum atomic E-state index is 10.7. The average Bonchev–Trinajstić information content (AvgIpc) is 2.02. The van der Waals surface area contributed by atoms with Gasteiger partial charge in [-0.2, -0.15) is 0 Å². The molecule has 0 fully saturated rings. The summed E-state index contributed by atoms with van der Waals surface area (Å²) in [5, 5.41) is 0.430. The van der Waals surface area contributed by atoms with Crippen molar-refractivity contribution in [3.8, 4) is 5.75 Å². The van der Waals surface area contributed by atoms with Crippen LogP contribution in [0.2, 0.25) is 10.0 Å². The van der Waals surface area contributed by atoms with E-state index in [2.05, 4.69) is 0 Å². The molecule has 1 unspecified atom stereocenters. The number of rotatable bonds is 2. The maximum absolute atomic E-state index is 10.7. The van der Waals surface area contributed by atoms with Crippen LogP contribution in [0.1, 0.15) is 0 Å². The minimum Gasteiger partial charge on any atom is -0.768 e. The van der Waals surface area contributed by atoms with E-state index in [0.29, 0.717) is 0 Å². The first-order valence-electron chi connectivity index (χ1n) is 3.18.